The number of unbranched alkanes of at least 4 members (excludes halogenated alkanes) is 2. The summed E-state index contributed by atoms with van der Waals surface area (Å²) in [7, 11) is 0. The molecule has 1 aromatic rings. The molecule has 1 aromatic heterocycles. The number of hydrogen-bond acceptors (Lipinski definition) is 3. The van der Waals surface area contributed by atoms with Crippen molar-refractivity contribution in [3.63, 3.8) is 0 Å². The SMILES string of the molecule is CCCCCN=C(NCC)NCCC(=O)Nc1ccc(C)cn1. The second kappa shape index (κ2) is 11.5. The highest BCUT2D eigenvalue weighted by atomic mass is 16.1. The van der Waals surface area contributed by atoms with Gasteiger partial charge in [0.15, 0.2) is 5.96 Å². The smallest absolute Gasteiger partial charge is 0.227 e. The van der Waals surface area contributed by atoms with Crippen LogP contribution >= 0.6 is 0 Å². The lowest BCUT2D eigenvalue weighted by Gasteiger charge is -2.11. The molecule has 6 nitrogen and oxygen atoms in total. The fourth-order valence-electron chi connectivity index (χ4n) is 1.94. The van der Waals surface area contributed by atoms with Crippen LogP contribution in [0.25, 0.3) is 0 Å². The molecule has 3 N–H and O–H groups in total. The molecule has 128 valence electrons. The molecule has 0 aliphatic rings. The number of carbonyl (C=O) groups is 1. The molecular formula is C17H29N5O. The fraction of sp³-hybridized carbons (Fsp3) is 0.588. The first-order valence-electron chi connectivity index (χ1n) is 8.40. The van der Waals surface area contributed by atoms with E-state index in [1.54, 1.807) is 12.3 Å². The highest BCUT2D eigenvalue weighted by Crippen LogP contribution is 2.03. The van der Waals surface area contributed by atoms with E-state index in [1.807, 2.05) is 19.9 Å². The van der Waals surface area contributed by atoms with Crippen molar-refractivity contribution >= 4 is 17.7 Å². The number of aromatic nitrogens is 1. The average molecular weight is 319 g/mol. The van der Waals surface area contributed by atoms with Crippen molar-refractivity contribution in [1.29, 1.82) is 0 Å². The fourth-order valence-corrected chi connectivity index (χ4v) is 1.94. The van der Waals surface area contributed by atoms with Crippen LogP contribution in [0.1, 0.15) is 45.1 Å². The molecule has 0 unspecified atom stereocenters. The van der Waals surface area contributed by atoms with Crippen molar-refractivity contribution < 1.29 is 4.79 Å². The summed E-state index contributed by atoms with van der Waals surface area (Å²) in [6.07, 6.45) is 5.57. The zero-order chi connectivity index (χ0) is 16.9. The molecule has 0 aliphatic heterocycles. The van der Waals surface area contributed by atoms with Gasteiger partial charge in [0.05, 0.1) is 0 Å². The van der Waals surface area contributed by atoms with E-state index in [0.717, 1.165) is 31.0 Å². The van der Waals surface area contributed by atoms with Crippen LogP contribution in [0.3, 0.4) is 0 Å². The van der Waals surface area contributed by atoms with Crippen LogP contribution in [-0.4, -0.2) is 36.5 Å². The summed E-state index contributed by atoms with van der Waals surface area (Å²) in [6.45, 7) is 8.32. The second-order valence-electron chi connectivity index (χ2n) is 5.41. The van der Waals surface area contributed by atoms with Crippen molar-refractivity contribution in [3.8, 4) is 0 Å². The van der Waals surface area contributed by atoms with E-state index < -0.39 is 0 Å². The third kappa shape index (κ3) is 8.80. The normalized spacial score (nSPS) is 11.2. The minimum Gasteiger partial charge on any atom is -0.357 e. The number of anilines is 1. The summed E-state index contributed by atoms with van der Waals surface area (Å²) in [4.78, 5) is 20.5. The van der Waals surface area contributed by atoms with E-state index in [0.29, 0.717) is 18.8 Å². The molecule has 0 radical (unpaired) electrons. The van der Waals surface area contributed by atoms with Crippen LogP contribution in [0.4, 0.5) is 5.82 Å². The Morgan fingerprint density at radius 1 is 1.22 bits per heavy atom. The quantitative estimate of drug-likeness (QED) is 0.371. The zero-order valence-electron chi connectivity index (χ0n) is 14.5. The standard InChI is InChI=1S/C17H29N5O/c1-4-6-7-11-19-17(18-5-2)20-12-10-16(23)22-15-9-8-14(3)13-21-15/h8-9,13H,4-7,10-12H2,1-3H3,(H2,18,19,20)(H,21,22,23). The molecule has 0 aromatic carbocycles. The summed E-state index contributed by atoms with van der Waals surface area (Å²) in [6, 6.07) is 3.73. The zero-order valence-corrected chi connectivity index (χ0v) is 14.5. The molecule has 1 amide bonds. The van der Waals surface area contributed by atoms with Crippen molar-refractivity contribution in [3.05, 3.63) is 23.9 Å². The van der Waals surface area contributed by atoms with E-state index >= 15 is 0 Å². The lowest BCUT2D eigenvalue weighted by Crippen LogP contribution is -2.38. The number of aliphatic imine (C=N–C) groups is 1. The maximum absolute atomic E-state index is 11.9. The van der Waals surface area contributed by atoms with Gasteiger partial charge in [-0.3, -0.25) is 9.79 Å². The van der Waals surface area contributed by atoms with Crippen LogP contribution in [0.2, 0.25) is 0 Å². The van der Waals surface area contributed by atoms with Gasteiger partial charge < -0.3 is 16.0 Å². The molecule has 0 saturated carbocycles. The lowest BCUT2D eigenvalue weighted by atomic mass is 10.2. The number of carbonyl (C=O) groups excluding carboxylic acids is 1. The van der Waals surface area contributed by atoms with E-state index in [-0.39, 0.29) is 5.91 Å². The third-order valence-corrected chi connectivity index (χ3v) is 3.20. The molecule has 1 rings (SSSR count). The maximum atomic E-state index is 11.9. The van der Waals surface area contributed by atoms with Crippen LogP contribution in [0, 0.1) is 6.92 Å². The van der Waals surface area contributed by atoms with E-state index in [2.05, 4.69) is 32.9 Å². The largest absolute Gasteiger partial charge is 0.357 e. The van der Waals surface area contributed by atoms with Gasteiger partial charge in [0.25, 0.3) is 0 Å². The molecule has 0 atom stereocenters. The Labute approximate surface area is 139 Å². The molecule has 0 saturated heterocycles. The second-order valence-corrected chi connectivity index (χ2v) is 5.41. The maximum Gasteiger partial charge on any atom is 0.227 e. The summed E-state index contributed by atoms with van der Waals surface area (Å²) in [5.41, 5.74) is 1.07. The Bertz CT molecular complexity index is 484. The molecule has 1 heterocycles. The van der Waals surface area contributed by atoms with E-state index in [1.165, 1.54) is 12.8 Å². The van der Waals surface area contributed by atoms with Gasteiger partial charge in [0.1, 0.15) is 5.82 Å². The Morgan fingerprint density at radius 2 is 2.04 bits per heavy atom. The number of guanidine groups is 1. The Balaban J connectivity index is 2.31. The van der Waals surface area contributed by atoms with Gasteiger partial charge in [0, 0.05) is 32.3 Å². The Kier molecular flexibility index (Phi) is 9.43. The number of amides is 1. The number of nitrogens with zero attached hydrogens (tertiary/aromatic N) is 2. The van der Waals surface area contributed by atoms with Crippen LogP contribution in [0.15, 0.2) is 23.3 Å². The van der Waals surface area contributed by atoms with Gasteiger partial charge in [-0.05, 0) is 31.9 Å². The van der Waals surface area contributed by atoms with Gasteiger partial charge in [-0.1, -0.05) is 25.8 Å². The van der Waals surface area contributed by atoms with Gasteiger partial charge >= 0.3 is 0 Å². The minimum atomic E-state index is -0.0596. The third-order valence-electron chi connectivity index (χ3n) is 3.20. The number of pyridine rings is 1. The first-order valence-corrected chi connectivity index (χ1v) is 8.40. The first kappa shape index (κ1) is 18.9. The van der Waals surface area contributed by atoms with Crippen molar-refractivity contribution in [2.24, 2.45) is 4.99 Å². The summed E-state index contributed by atoms with van der Waals surface area (Å²) >= 11 is 0. The Hall–Kier alpha value is -2.11. The first-order chi connectivity index (χ1) is 11.2. The van der Waals surface area contributed by atoms with Gasteiger partial charge in [-0.2, -0.15) is 0 Å². The van der Waals surface area contributed by atoms with Gasteiger partial charge in [-0.15, -0.1) is 0 Å². The Morgan fingerprint density at radius 3 is 2.70 bits per heavy atom. The topological polar surface area (TPSA) is 78.4 Å². The number of nitrogens with one attached hydrogen (secondary N) is 3. The number of aryl methyl sites for hydroxylation is 1. The average Bonchev–Trinajstić information content (AvgIpc) is 2.53. The predicted octanol–water partition coefficient (Wildman–Crippen LogP) is 2.46. The highest BCUT2D eigenvalue weighted by molar-refractivity contribution is 5.90. The minimum absolute atomic E-state index is 0.0596. The highest BCUT2D eigenvalue weighted by Gasteiger charge is 2.04. The predicted molar refractivity (Wildman–Crippen MR) is 95.7 cm³/mol. The van der Waals surface area contributed by atoms with E-state index in [4.69, 9.17) is 0 Å². The van der Waals surface area contributed by atoms with Crippen LogP contribution in [0.5, 0.6) is 0 Å². The summed E-state index contributed by atoms with van der Waals surface area (Å²) in [5, 5.41) is 9.15. The van der Waals surface area contributed by atoms with E-state index in [9.17, 15) is 4.79 Å². The van der Waals surface area contributed by atoms with Crippen molar-refractivity contribution in [2.45, 2.75) is 46.5 Å². The molecule has 23 heavy (non-hydrogen) atoms. The van der Waals surface area contributed by atoms with Gasteiger partial charge in [0.2, 0.25) is 5.91 Å². The molecule has 0 bridgehead atoms. The monoisotopic (exact) mass is 319 g/mol. The summed E-state index contributed by atoms with van der Waals surface area (Å²) < 4.78 is 0. The molecule has 0 fully saturated rings. The summed E-state index contributed by atoms with van der Waals surface area (Å²) in [5.74, 6) is 1.29. The van der Waals surface area contributed by atoms with Crippen molar-refractivity contribution in [1.82, 2.24) is 15.6 Å². The molecular weight excluding hydrogens is 290 g/mol. The van der Waals surface area contributed by atoms with Crippen LogP contribution < -0.4 is 16.0 Å². The van der Waals surface area contributed by atoms with Gasteiger partial charge in [-0.25, -0.2) is 4.98 Å². The molecule has 0 spiro atoms. The molecule has 0 aliphatic carbocycles. The molecule has 6 heteroatoms. The van der Waals surface area contributed by atoms with Crippen LogP contribution in [-0.2, 0) is 4.79 Å². The van der Waals surface area contributed by atoms with Crippen molar-refractivity contribution in [2.75, 3.05) is 25.0 Å². The lowest BCUT2D eigenvalue weighted by molar-refractivity contribution is -0.116. The number of hydrogen-bond donors (Lipinski definition) is 3. The number of rotatable bonds is 9.